The van der Waals surface area contributed by atoms with Gasteiger partial charge in [-0.05, 0) is 31.9 Å². The highest BCUT2D eigenvalue weighted by atomic mass is 16.6. The highest BCUT2D eigenvalue weighted by molar-refractivity contribution is 5.66. The summed E-state index contributed by atoms with van der Waals surface area (Å²) in [7, 11) is 0. The van der Waals surface area contributed by atoms with E-state index in [0.29, 0.717) is 11.7 Å². The minimum absolute atomic E-state index is 0.156. The molecule has 1 aromatic carbocycles. The topological polar surface area (TPSA) is 67.2 Å². The van der Waals surface area contributed by atoms with Gasteiger partial charge in [-0.25, -0.2) is 0 Å². The van der Waals surface area contributed by atoms with Crippen molar-refractivity contribution in [3.63, 3.8) is 0 Å². The van der Waals surface area contributed by atoms with Crippen molar-refractivity contribution < 1.29 is 4.92 Å². The summed E-state index contributed by atoms with van der Waals surface area (Å²) in [6.07, 6.45) is 2.31. The van der Waals surface area contributed by atoms with Gasteiger partial charge in [-0.2, -0.15) is 0 Å². The number of benzene rings is 1. The van der Waals surface area contributed by atoms with Crippen LogP contribution < -0.4 is 10.6 Å². The molecule has 1 unspecified atom stereocenters. The van der Waals surface area contributed by atoms with E-state index in [2.05, 4.69) is 10.6 Å². The molecule has 1 saturated heterocycles. The van der Waals surface area contributed by atoms with E-state index in [1.54, 1.807) is 6.07 Å². The van der Waals surface area contributed by atoms with Crippen LogP contribution in [0.1, 0.15) is 18.4 Å². The molecular formula is C12H17N3O2. The molecular weight excluding hydrogens is 218 g/mol. The van der Waals surface area contributed by atoms with Gasteiger partial charge in [-0.1, -0.05) is 12.1 Å². The third-order valence-corrected chi connectivity index (χ3v) is 3.14. The molecule has 1 atom stereocenters. The summed E-state index contributed by atoms with van der Waals surface area (Å²) in [6.45, 7) is 3.67. The number of anilines is 1. The Morgan fingerprint density at radius 1 is 1.59 bits per heavy atom. The second kappa shape index (κ2) is 5.14. The summed E-state index contributed by atoms with van der Waals surface area (Å²) < 4.78 is 0. The van der Waals surface area contributed by atoms with Gasteiger partial charge in [-0.15, -0.1) is 0 Å². The third kappa shape index (κ3) is 2.74. The smallest absolute Gasteiger partial charge is 0.292 e. The Morgan fingerprint density at radius 2 is 2.41 bits per heavy atom. The quantitative estimate of drug-likeness (QED) is 0.619. The van der Waals surface area contributed by atoms with Crippen LogP contribution in [-0.2, 0) is 0 Å². The highest BCUT2D eigenvalue weighted by Gasteiger charge is 2.18. The molecule has 1 aliphatic rings. The van der Waals surface area contributed by atoms with Crippen molar-refractivity contribution in [1.82, 2.24) is 5.32 Å². The number of rotatable bonds is 4. The Bertz CT molecular complexity index is 414. The summed E-state index contributed by atoms with van der Waals surface area (Å²) in [6, 6.07) is 5.57. The Kier molecular flexibility index (Phi) is 3.58. The van der Waals surface area contributed by atoms with Crippen molar-refractivity contribution in [3.05, 3.63) is 33.9 Å². The molecule has 5 nitrogen and oxygen atoms in total. The maximum Gasteiger partial charge on any atom is 0.292 e. The number of nitrogens with zero attached hydrogens (tertiary/aromatic N) is 1. The van der Waals surface area contributed by atoms with E-state index in [4.69, 9.17) is 0 Å². The van der Waals surface area contributed by atoms with Crippen LogP contribution in [-0.4, -0.2) is 24.1 Å². The molecule has 92 valence electrons. The van der Waals surface area contributed by atoms with Crippen LogP contribution in [0.2, 0.25) is 0 Å². The molecule has 0 spiro atoms. The standard InChI is InChI=1S/C12H17N3O2/c1-9-4-2-6-11(15(16)17)12(9)14-8-10-5-3-7-13-10/h2,4,6,10,13-14H,3,5,7-8H2,1H3. The van der Waals surface area contributed by atoms with Gasteiger partial charge in [0.1, 0.15) is 5.69 Å². The minimum Gasteiger partial charge on any atom is -0.378 e. The molecule has 1 aliphatic heterocycles. The number of hydrogen-bond donors (Lipinski definition) is 2. The normalized spacial score (nSPS) is 19.2. The summed E-state index contributed by atoms with van der Waals surface area (Å²) >= 11 is 0. The monoisotopic (exact) mass is 235 g/mol. The number of para-hydroxylation sites is 1. The molecule has 0 saturated carbocycles. The van der Waals surface area contributed by atoms with Crippen LogP contribution in [0, 0.1) is 17.0 Å². The number of nitrogens with one attached hydrogen (secondary N) is 2. The molecule has 0 aliphatic carbocycles. The van der Waals surface area contributed by atoms with Crippen LogP contribution in [0.3, 0.4) is 0 Å². The van der Waals surface area contributed by atoms with E-state index < -0.39 is 0 Å². The van der Waals surface area contributed by atoms with Crippen LogP contribution in [0.5, 0.6) is 0 Å². The predicted molar refractivity (Wildman–Crippen MR) is 67.3 cm³/mol. The van der Waals surface area contributed by atoms with Crippen molar-refractivity contribution in [3.8, 4) is 0 Å². The summed E-state index contributed by atoms with van der Waals surface area (Å²) in [5, 5.41) is 17.5. The molecule has 5 heteroatoms. The number of hydrogen-bond acceptors (Lipinski definition) is 4. The van der Waals surface area contributed by atoms with E-state index >= 15 is 0 Å². The van der Waals surface area contributed by atoms with Gasteiger partial charge in [0.2, 0.25) is 0 Å². The van der Waals surface area contributed by atoms with Crippen molar-refractivity contribution >= 4 is 11.4 Å². The fourth-order valence-electron chi connectivity index (χ4n) is 2.19. The molecule has 1 fully saturated rings. The van der Waals surface area contributed by atoms with Gasteiger partial charge in [0.05, 0.1) is 4.92 Å². The van der Waals surface area contributed by atoms with Gasteiger partial charge in [0, 0.05) is 18.7 Å². The van der Waals surface area contributed by atoms with Crippen LogP contribution in [0.4, 0.5) is 11.4 Å². The maximum absolute atomic E-state index is 10.9. The molecule has 17 heavy (non-hydrogen) atoms. The van der Waals surface area contributed by atoms with Gasteiger partial charge in [-0.3, -0.25) is 10.1 Å². The fraction of sp³-hybridized carbons (Fsp3) is 0.500. The van der Waals surface area contributed by atoms with E-state index in [1.165, 1.54) is 12.5 Å². The van der Waals surface area contributed by atoms with Gasteiger partial charge < -0.3 is 10.6 Å². The van der Waals surface area contributed by atoms with Crippen molar-refractivity contribution in [2.75, 3.05) is 18.4 Å². The number of aryl methyl sites for hydroxylation is 1. The van der Waals surface area contributed by atoms with Crippen molar-refractivity contribution in [2.45, 2.75) is 25.8 Å². The van der Waals surface area contributed by atoms with Gasteiger partial charge in [0.15, 0.2) is 0 Å². The van der Waals surface area contributed by atoms with Crippen molar-refractivity contribution in [1.29, 1.82) is 0 Å². The first-order valence-electron chi connectivity index (χ1n) is 5.90. The molecule has 0 amide bonds. The van der Waals surface area contributed by atoms with Gasteiger partial charge in [0.25, 0.3) is 5.69 Å². The average Bonchev–Trinajstić information content (AvgIpc) is 2.80. The van der Waals surface area contributed by atoms with E-state index in [-0.39, 0.29) is 10.6 Å². The number of nitro groups is 1. The molecule has 0 bridgehead atoms. The first kappa shape index (κ1) is 11.9. The lowest BCUT2D eigenvalue weighted by molar-refractivity contribution is -0.384. The first-order chi connectivity index (χ1) is 8.18. The summed E-state index contributed by atoms with van der Waals surface area (Å²) in [5.74, 6) is 0. The maximum atomic E-state index is 10.9. The van der Waals surface area contributed by atoms with Crippen LogP contribution in [0.25, 0.3) is 0 Å². The summed E-state index contributed by atoms with van der Waals surface area (Å²) in [5.41, 5.74) is 1.71. The molecule has 1 aromatic rings. The minimum atomic E-state index is -0.336. The molecule has 0 radical (unpaired) electrons. The predicted octanol–water partition coefficient (Wildman–Crippen LogP) is 2.07. The highest BCUT2D eigenvalue weighted by Crippen LogP contribution is 2.27. The zero-order chi connectivity index (χ0) is 12.3. The summed E-state index contributed by atoms with van der Waals surface area (Å²) in [4.78, 5) is 10.6. The van der Waals surface area contributed by atoms with E-state index in [1.807, 2.05) is 13.0 Å². The van der Waals surface area contributed by atoms with Crippen LogP contribution in [0.15, 0.2) is 18.2 Å². The molecule has 2 rings (SSSR count). The third-order valence-electron chi connectivity index (χ3n) is 3.14. The fourth-order valence-corrected chi connectivity index (χ4v) is 2.19. The molecule has 0 aromatic heterocycles. The van der Waals surface area contributed by atoms with E-state index in [0.717, 1.165) is 25.1 Å². The Hall–Kier alpha value is -1.62. The lowest BCUT2D eigenvalue weighted by Crippen LogP contribution is -2.29. The second-order valence-corrected chi connectivity index (χ2v) is 4.40. The largest absolute Gasteiger partial charge is 0.378 e. The van der Waals surface area contributed by atoms with E-state index in [9.17, 15) is 10.1 Å². The second-order valence-electron chi connectivity index (χ2n) is 4.40. The lowest BCUT2D eigenvalue weighted by Gasteiger charge is -2.14. The SMILES string of the molecule is Cc1cccc([N+](=O)[O-])c1NCC1CCCN1. The Labute approximate surface area is 100 Å². The van der Waals surface area contributed by atoms with Gasteiger partial charge >= 0.3 is 0 Å². The molecule has 1 heterocycles. The van der Waals surface area contributed by atoms with Crippen LogP contribution >= 0.6 is 0 Å². The molecule has 2 N–H and O–H groups in total. The first-order valence-corrected chi connectivity index (χ1v) is 5.90. The van der Waals surface area contributed by atoms with Crippen molar-refractivity contribution in [2.24, 2.45) is 0 Å². The zero-order valence-corrected chi connectivity index (χ0v) is 9.90. The lowest BCUT2D eigenvalue weighted by atomic mass is 10.1. The number of nitro benzene ring substituents is 1. The Morgan fingerprint density at radius 3 is 3.06 bits per heavy atom. The Balaban J connectivity index is 2.10. The average molecular weight is 235 g/mol. The zero-order valence-electron chi connectivity index (χ0n) is 9.90.